The second-order valence-electron chi connectivity index (χ2n) is 4.69. The lowest BCUT2D eigenvalue weighted by molar-refractivity contribution is 0.0981. The molecule has 5 nitrogen and oxygen atoms in total. The molecule has 0 fully saturated rings. The normalized spacial score (nSPS) is 10.7. The molecule has 2 rings (SSSR count). The maximum atomic E-state index is 12.5. The number of hydrogen-bond donors (Lipinski definition) is 1. The van der Waals surface area contributed by atoms with Gasteiger partial charge < -0.3 is 10.6 Å². The van der Waals surface area contributed by atoms with Gasteiger partial charge in [0.05, 0.1) is 0 Å². The summed E-state index contributed by atoms with van der Waals surface area (Å²) in [5.41, 5.74) is 7.03. The summed E-state index contributed by atoms with van der Waals surface area (Å²) in [4.78, 5) is 14.1. The fraction of sp³-hybridized carbons (Fsp3) is 0.286. The molecule has 2 aromatic rings. The van der Waals surface area contributed by atoms with E-state index in [9.17, 15) is 4.79 Å². The van der Waals surface area contributed by atoms with Crippen LogP contribution in [0.1, 0.15) is 30.4 Å². The summed E-state index contributed by atoms with van der Waals surface area (Å²) < 4.78 is 1.65. The van der Waals surface area contributed by atoms with Crippen molar-refractivity contribution in [3.63, 3.8) is 0 Å². The Kier molecular flexibility index (Phi) is 3.55. The Bertz CT molecular complexity index is 574. The molecule has 1 heterocycles. The summed E-state index contributed by atoms with van der Waals surface area (Å²) in [6.07, 6.45) is 0. The molecule has 0 aliphatic rings. The van der Waals surface area contributed by atoms with E-state index in [-0.39, 0.29) is 11.9 Å². The van der Waals surface area contributed by atoms with Crippen LogP contribution in [-0.2, 0) is 0 Å². The van der Waals surface area contributed by atoms with E-state index < -0.39 is 0 Å². The van der Waals surface area contributed by atoms with Crippen molar-refractivity contribution in [2.24, 2.45) is 0 Å². The smallest absolute Gasteiger partial charge is 0.276 e. The molecule has 1 aromatic heterocycles. The third kappa shape index (κ3) is 2.59. The zero-order chi connectivity index (χ0) is 14.0. The Hall–Kier alpha value is -2.30. The number of benzene rings is 1. The van der Waals surface area contributed by atoms with Crippen molar-refractivity contribution in [1.29, 1.82) is 0 Å². The van der Waals surface area contributed by atoms with Crippen LogP contribution in [0.5, 0.6) is 0 Å². The van der Waals surface area contributed by atoms with Gasteiger partial charge in [0.15, 0.2) is 0 Å². The predicted octanol–water partition coefficient (Wildman–Crippen LogP) is 2.32. The van der Waals surface area contributed by atoms with Crippen LogP contribution < -0.4 is 10.6 Å². The van der Waals surface area contributed by atoms with Crippen LogP contribution in [0.25, 0.3) is 0 Å². The van der Waals surface area contributed by atoms with Crippen LogP contribution in [0.2, 0.25) is 0 Å². The lowest BCUT2D eigenvalue weighted by Crippen LogP contribution is -2.29. The number of rotatable bonds is 3. The number of carbonyl (C=O) groups is 1. The van der Waals surface area contributed by atoms with Gasteiger partial charge in [-0.2, -0.15) is 5.10 Å². The Morgan fingerprint density at radius 3 is 2.53 bits per heavy atom. The number of nitrogens with two attached hydrogens (primary N) is 1. The number of aromatic nitrogens is 2. The van der Waals surface area contributed by atoms with Gasteiger partial charge in [0.1, 0.15) is 11.5 Å². The van der Waals surface area contributed by atoms with Crippen molar-refractivity contribution < 1.29 is 4.79 Å². The summed E-state index contributed by atoms with van der Waals surface area (Å²) in [5.74, 6) is 0.239. The Balaban J connectivity index is 2.34. The first kappa shape index (κ1) is 13.1. The minimum absolute atomic E-state index is 0.0837. The van der Waals surface area contributed by atoms with Gasteiger partial charge in [-0.25, -0.2) is 0 Å². The number of nitrogens with zero attached hydrogens (tertiary/aromatic N) is 3. The Labute approximate surface area is 112 Å². The van der Waals surface area contributed by atoms with E-state index >= 15 is 0 Å². The summed E-state index contributed by atoms with van der Waals surface area (Å²) in [6, 6.07) is 11.2. The van der Waals surface area contributed by atoms with Crippen LogP contribution in [0, 0.1) is 0 Å². The van der Waals surface area contributed by atoms with Gasteiger partial charge in [-0.15, -0.1) is 0 Å². The molecule has 5 heteroatoms. The fourth-order valence-electron chi connectivity index (χ4n) is 1.91. The largest absolute Gasteiger partial charge is 0.382 e. The highest BCUT2D eigenvalue weighted by Gasteiger charge is 2.20. The van der Waals surface area contributed by atoms with Crippen LogP contribution in [0.3, 0.4) is 0 Å². The molecule has 0 aliphatic heterocycles. The number of para-hydroxylation sites is 1. The minimum Gasteiger partial charge on any atom is -0.382 e. The molecule has 0 aliphatic carbocycles. The number of nitrogen functional groups attached to an aromatic ring is 1. The lowest BCUT2D eigenvalue weighted by atomic mass is 10.2. The van der Waals surface area contributed by atoms with Gasteiger partial charge in [-0.1, -0.05) is 18.2 Å². The maximum absolute atomic E-state index is 12.5. The SMILES string of the molecule is CC(C)n1nc(N)cc1C(=O)N(C)c1ccccc1. The molecule has 1 aromatic carbocycles. The number of amides is 1. The van der Waals surface area contributed by atoms with E-state index in [1.54, 1.807) is 22.7 Å². The van der Waals surface area contributed by atoms with E-state index in [0.717, 1.165) is 5.69 Å². The molecule has 100 valence electrons. The fourth-order valence-corrected chi connectivity index (χ4v) is 1.91. The first-order valence-electron chi connectivity index (χ1n) is 6.19. The van der Waals surface area contributed by atoms with Gasteiger partial charge in [0.2, 0.25) is 0 Å². The number of carbonyl (C=O) groups excluding carboxylic acids is 1. The van der Waals surface area contributed by atoms with Gasteiger partial charge in [0, 0.05) is 24.8 Å². The molecule has 0 saturated heterocycles. The van der Waals surface area contributed by atoms with Crippen molar-refractivity contribution in [1.82, 2.24) is 9.78 Å². The minimum atomic E-state index is -0.121. The highest BCUT2D eigenvalue weighted by atomic mass is 16.2. The molecule has 0 bridgehead atoms. The van der Waals surface area contributed by atoms with E-state index in [4.69, 9.17) is 5.73 Å². The van der Waals surface area contributed by atoms with Crippen molar-refractivity contribution in [3.05, 3.63) is 42.1 Å². The summed E-state index contributed by atoms with van der Waals surface area (Å²) in [5, 5.41) is 4.15. The van der Waals surface area contributed by atoms with Crippen LogP contribution in [0.15, 0.2) is 36.4 Å². The molecule has 1 amide bonds. The van der Waals surface area contributed by atoms with Crippen molar-refractivity contribution in [2.45, 2.75) is 19.9 Å². The second kappa shape index (κ2) is 5.14. The molecular weight excluding hydrogens is 240 g/mol. The first-order valence-corrected chi connectivity index (χ1v) is 6.19. The second-order valence-corrected chi connectivity index (χ2v) is 4.69. The third-order valence-corrected chi connectivity index (χ3v) is 2.91. The zero-order valence-corrected chi connectivity index (χ0v) is 11.4. The standard InChI is InChI=1S/C14H18N4O/c1-10(2)18-12(9-13(15)16-18)14(19)17(3)11-7-5-4-6-8-11/h4-10H,1-3H3,(H2,15,16). The molecule has 0 atom stereocenters. The van der Waals surface area contributed by atoms with Gasteiger partial charge in [-0.05, 0) is 26.0 Å². The van der Waals surface area contributed by atoms with E-state index in [1.807, 2.05) is 44.2 Å². The average molecular weight is 258 g/mol. The average Bonchev–Trinajstić information content (AvgIpc) is 2.80. The van der Waals surface area contributed by atoms with Gasteiger partial charge in [-0.3, -0.25) is 9.48 Å². The first-order chi connectivity index (χ1) is 9.00. The van der Waals surface area contributed by atoms with E-state index in [0.29, 0.717) is 11.5 Å². The topological polar surface area (TPSA) is 64.2 Å². The van der Waals surface area contributed by atoms with Gasteiger partial charge in [0.25, 0.3) is 5.91 Å². The predicted molar refractivity (Wildman–Crippen MR) is 76.2 cm³/mol. The maximum Gasteiger partial charge on any atom is 0.276 e. The Morgan fingerprint density at radius 2 is 1.95 bits per heavy atom. The van der Waals surface area contributed by atoms with Gasteiger partial charge >= 0.3 is 0 Å². The number of anilines is 2. The molecule has 0 spiro atoms. The highest BCUT2D eigenvalue weighted by molar-refractivity contribution is 6.05. The zero-order valence-electron chi connectivity index (χ0n) is 11.4. The van der Waals surface area contributed by atoms with Crippen molar-refractivity contribution in [3.8, 4) is 0 Å². The quantitative estimate of drug-likeness (QED) is 0.919. The molecular formula is C14H18N4O. The summed E-state index contributed by atoms with van der Waals surface area (Å²) in [7, 11) is 1.74. The molecule has 0 saturated carbocycles. The van der Waals surface area contributed by atoms with E-state index in [2.05, 4.69) is 5.10 Å². The lowest BCUT2D eigenvalue weighted by Gasteiger charge is -2.18. The van der Waals surface area contributed by atoms with Crippen LogP contribution in [-0.4, -0.2) is 22.7 Å². The van der Waals surface area contributed by atoms with Crippen LogP contribution in [0.4, 0.5) is 11.5 Å². The molecule has 19 heavy (non-hydrogen) atoms. The van der Waals surface area contributed by atoms with Crippen LogP contribution >= 0.6 is 0 Å². The Morgan fingerprint density at radius 1 is 1.32 bits per heavy atom. The highest BCUT2D eigenvalue weighted by Crippen LogP contribution is 2.18. The third-order valence-electron chi connectivity index (χ3n) is 2.91. The summed E-state index contributed by atoms with van der Waals surface area (Å²) >= 11 is 0. The molecule has 0 unspecified atom stereocenters. The molecule has 0 radical (unpaired) electrons. The number of hydrogen-bond acceptors (Lipinski definition) is 3. The van der Waals surface area contributed by atoms with Crippen molar-refractivity contribution in [2.75, 3.05) is 17.7 Å². The molecule has 2 N–H and O–H groups in total. The summed E-state index contributed by atoms with van der Waals surface area (Å²) in [6.45, 7) is 3.93. The monoisotopic (exact) mass is 258 g/mol. The van der Waals surface area contributed by atoms with Crippen molar-refractivity contribution >= 4 is 17.4 Å². The van der Waals surface area contributed by atoms with E-state index in [1.165, 1.54) is 0 Å².